The molecule has 0 unspecified atom stereocenters. The van der Waals surface area contributed by atoms with Crippen LogP contribution in [0.15, 0.2) is 5.11 Å². The topological polar surface area (TPSA) is 61.3 Å². The van der Waals surface area contributed by atoms with E-state index in [1.54, 1.807) is 0 Å². The van der Waals surface area contributed by atoms with Gasteiger partial charge in [0, 0.05) is 11.5 Å². The predicted octanol–water partition coefficient (Wildman–Crippen LogP) is 3.57. The lowest BCUT2D eigenvalue weighted by Crippen LogP contribution is -2.19. The van der Waals surface area contributed by atoms with Crippen molar-refractivity contribution in [3.63, 3.8) is 0 Å². The number of azide groups is 1. The first-order chi connectivity index (χ1) is 7.80. The number of rotatable bonds is 3. The molecule has 0 amide bonds. The van der Waals surface area contributed by atoms with E-state index in [0.29, 0.717) is 18.1 Å². The van der Waals surface area contributed by atoms with Gasteiger partial charge in [-0.25, -0.2) is 0 Å². The van der Waals surface area contributed by atoms with Crippen molar-refractivity contribution in [3.8, 4) is 0 Å². The Balaban J connectivity index is 1.60. The van der Waals surface area contributed by atoms with E-state index >= 15 is 0 Å². The lowest BCUT2D eigenvalue weighted by atomic mass is 9.87. The van der Waals surface area contributed by atoms with Crippen molar-refractivity contribution in [1.29, 1.82) is 0 Å². The maximum Gasteiger partial charge on any atom is 0.0982 e. The fourth-order valence-electron chi connectivity index (χ4n) is 3.57. The Labute approximate surface area is 96.0 Å². The third kappa shape index (κ3) is 1.61. The molecule has 4 heteroatoms. The molecule has 0 aromatic carbocycles. The molecule has 2 atom stereocenters. The van der Waals surface area contributed by atoms with Gasteiger partial charge in [0.1, 0.15) is 0 Å². The summed E-state index contributed by atoms with van der Waals surface area (Å²) < 4.78 is 6.06. The first kappa shape index (κ1) is 10.4. The highest BCUT2D eigenvalue weighted by Crippen LogP contribution is 2.69. The Hall–Kier alpha value is -0.730. The minimum Gasteiger partial charge on any atom is -0.363 e. The van der Waals surface area contributed by atoms with E-state index in [2.05, 4.69) is 10.0 Å². The molecule has 1 heterocycles. The Kier molecular flexibility index (Phi) is 2.37. The van der Waals surface area contributed by atoms with Crippen molar-refractivity contribution in [2.45, 2.75) is 62.6 Å². The summed E-state index contributed by atoms with van der Waals surface area (Å²) in [6, 6.07) is 0. The minimum absolute atomic E-state index is 0.254. The molecule has 3 rings (SSSR count). The summed E-state index contributed by atoms with van der Waals surface area (Å²) in [4.78, 5) is 2.83. The van der Waals surface area contributed by atoms with Crippen molar-refractivity contribution in [2.75, 3.05) is 6.54 Å². The predicted molar refractivity (Wildman–Crippen MR) is 61.0 cm³/mol. The maximum atomic E-state index is 8.29. The highest BCUT2D eigenvalue weighted by Gasteiger charge is 2.76. The minimum atomic E-state index is 0.254. The van der Waals surface area contributed by atoms with Crippen LogP contribution in [0, 0.1) is 5.92 Å². The van der Waals surface area contributed by atoms with Crippen LogP contribution >= 0.6 is 0 Å². The first-order valence-electron chi connectivity index (χ1n) is 6.51. The zero-order chi connectivity index (χ0) is 11.1. The van der Waals surface area contributed by atoms with Crippen LogP contribution in [-0.2, 0) is 4.74 Å². The summed E-state index contributed by atoms with van der Waals surface area (Å²) in [6.07, 6.45) is 10.0. The highest BCUT2D eigenvalue weighted by molar-refractivity contribution is 5.25. The molecule has 1 aliphatic heterocycles. The van der Waals surface area contributed by atoms with Gasteiger partial charge in [-0.1, -0.05) is 24.4 Å². The third-order valence-electron chi connectivity index (χ3n) is 4.65. The monoisotopic (exact) mass is 221 g/mol. The smallest absolute Gasteiger partial charge is 0.0982 e. The molecule has 1 saturated heterocycles. The summed E-state index contributed by atoms with van der Waals surface area (Å²) in [5, 5.41) is 3.66. The van der Waals surface area contributed by atoms with Gasteiger partial charge in [0.05, 0.1) is 11.2 Å². The van der Waals surface area contributed by atoms with Crippen molar-refractivity contribution in [3.05, 3.63) is 10.4 Å². The number of hydrogen-bond donors (Lipinski definition) is 0. The normalized spacial score (nSPS) is 39.1. The average molecular weight is 221 g/mol. The van der Waals surface area contributed by atoms with E-state index in [9.17, 15) is 0 Å². The highest BCUT2D eigenvalue weighted by atomic mass is 16.6. The number of hydrogen-bond acceptors (Lipinski definition) is 2. The molecule has 0 bridgehead atoms. The molecule has 0 aromatic heterocycles. The van der Waals surface area contributed by atoms with Crippen LogP contribution in [-0.4, -0.2) is 17.7 Å². The molecule has 2 spiro atoms. The lowest BCUT2D eigenvalue weighted by Gasteiger charge is -2.16. The molecule has 16 heavy (non-hydrogen) atoms. The van der Waals surface area contributed by atoms with E-state index in [4.69, 9.17) is 10.3 Å². The number of fused-ring (bicyclic) bond motifs is 1. The lowest BCUT2D eigenvalue weighted by molar-refractivity contribution is 0.242. The largest absolute Gasteiger partial charge is 0.363 e. The quantitative estimate of drug-likeness (QED) is 0.311. The molecule has 0 aromatic rings. The number of epoxide rings is 1. The third-order valence-corrected chi connectivity index (χ3v) is 4.65. The molecule has 4 nitrogen and oxygen atoms in total. The zero-order valence-corrected chi connectivity index (χ0v) is 9.69. The summed E-state index contributed by atoms with van der Waals surface area (Å²) in [5.74, 6) is 0.716. The molecule has 0 radical (unpaired) electrons. The number of ether oxygens (including phenoxy) is 1. The second kappa shape index (κ2) is 3.64. The number of nitrogens with zero attached hydrogens (tertiary/aromatic N) is 3. The standard InChI is InChI=1S/C12H19N3O/c13-15-14-8-4-10-3-1-2-5-12(9-10)11(16-12)6-7-11/h10H,1-9H2/t10-,12-/m0/s1. The van der Waals surface area contributed by atoms with Gasteiger partial charge < -0.3 is 4.74 Å². The van der Waals surface area contributed by atoms with Crippen LogP contribution in [0.4, 0.5) is 0 Å². The molecular weight excluding hydrogens is 202 g/mol. The Morgan fingerprint density at radius 2 is 2.12 bits per heavy atom. The molecular formula is C12H19N3O. The Bertz CT molecular complexity index is 333. The molecule has 2 saturated carbocycles. The van der Waals surface area contributed by atoms with E-state index in [1.807, 2.05) is 0 Å². The van der Waals surface area contributed by atoms with Crippen LogP contribution in [0.25, 0.3) is 10.4 Å². The van der Waals surface area contributed by atoms with Crippen LogP contribution in [0.5, 0.6) is 0 Å². The SMILES string of the molecule is [N-]=[N+]=NCC[C@@H]1CCCC[C@@]2(C1)OC21CC1. The second-order valence-electron chi connectivity index (χ2n) is 5.65. The van der Waals surface area contributed by atoms with Gasteiger partial charge in [-0.05, 0) is 43.6 Å². The van der Waals surface area contributed by atoms with Gasteiger partial charge in [0.25, 0.3) is 0 Å². The maximum absolute atomic E-state index is 8.29. The molecule has 88 valence electrons. The summed E-state index contributed by atoms with van der Waals surface area (Å²) in [7, 11) is 0. The first-order valence-corrected chi connectivity index (χ1v) is 6.51. The van der Waals surface area contributed by atoms with Gasteiger partial charge in [-0.15, -0.1) is 0 Å². The van der Waals surface area contributed by atoms with Gasteiger partial charge in [-0.3, -0.25) is 0 Å². The van der Waals surface area contributed by atoms with Crippen LogP contribution in [0.3, 0.4) is 0 Å². The van der Waals surface area contributed by atoms with E-state index in [1.165, 1.54) is 44.9 Å². The summed E-state index contributed by atoms with van der Waals surface area (Å²) in [5.41, 5.74) is 8.87. The second-order valence-corrected chi connectivity index (χ2v) is 5.65. The van der Waals surface area contributed by atoms with Gasteiger partial charge in [0.15, 0.2) is 0 Å². The molecule has 0 N–H and O–H groups in total. The van der Waals surface area contributed by atoms with Crippen LogP contribution in [0.2, 0.25) is 0 Å². The van der Waals surface area contributed by atoms with E-state index < -0.39 is 0 Å². The van der Waals surface area contributed by atoms with Gasteiger partial charge in [-0.2, -0.15) is 0 Å². The van der Waals surface area contributed by atoms with Crippen LogP contribution < -0.4 is 0 Å². The van der Waals surface area contributed by atoms with Gasteiger partial charge in [0.2, 0.25) is 0 Å². The van der Waals surface area contributed by atoms with E-state index in [0.717, 1.165) is 6.42 Å². The van der Waals surface area contributed by atoms with Crippen molar-refractivity contribution >= 4 is 0 Å². The van der Waals surface area contributed by atoms with Gasteiger partial charge >= 0.3 is 0 Å². The Morgan fingerprint density at radius 1 is 1.25 bits per heavy atom. The summed E-state index contributed by atoms with van der Waals surface area (Å²) in [6.45, 7) is 0.657. The average Bonchev–Trinajstić information content (AvgIpc) is 3.15. The van der Waals surface area contributed by atoms with Crippen molar-refractivity contribution in [2.24, 2.45) is 11.0 Å². The fourth-order valence-corrected chi connectivity index (χ4v) is 3.57. The molecule has 2 aliphatic carbocycles. The zero-order valence-electron chi connectivity index (χ0n) is 9.69. The molecule has 3 fully saturated rings. The van der Waals surface area contributed by atoms with Crippen molar-refractivity contribution < 1.29 is 4.74 Å². The summed E-state index contributed by atoms with van der Waals surface area (Å²) >= 11 is 0. The van der Waals surface area contributed by atoms with Crippen molar-refractivity contribution in [1.82, 2.24) is 0 Å². The fraction of sp³-hybridized carbons (Fsp3) is 1.00. The Morgan fingerprint density at radius 3 is 2.81 bits per heavy atom. The molecule has 3 aliphatic rings. The van der Waals surface area contributed by atoms with Crippen LogP contribution in [0.1, 0.15) is 51.4 Å². The van der Waals surface area contributed by atoms with E-state index in [-0.39, 0.29) is 5.60 Å².